The van der Waals surface area contributed by atoms with Crippen LogP contribution in [0.3, 0.4) is 0 Å². The third-order valence-corrected chi connectivity index (χ3v) is 15.5. The van der Waals surface area contributed by atoms with Crippen LogP contribution in [0.4, 0.5) is 13.2 Å². The van der Waals surface area contributed by atoms with Gasteiger partial charge in [-0.05, 0) is 103 Å². The summed E-state index contributed by atoms with van der Waals surface area (Å²) in [5, 5.41) is 7.41. The van der Waals surface area contributed by atoms with Crippen molar-refractivity contribution in [2.45, 2.75) is 36.6 Å². The number of fused-ring (bicyclic) bond motifs is 6. The van der Waals surface area contributed by atoms with Gasteiger partial charge in [-0.1, -0.05) is 126 Å². The number of sulfonamides is 1. The average molecular weight is 798 g/mol. The van der Waals surface area contributed by atoms with Gasteiger partial charge in [-0.2, -0.15) is 13.2 Å². The van der Waals surface area contributed by atoms with E-state index in [0.29, 0.717) is 59.1 Å². The van der Waals surface area contributed by atoms with Crippen LogP contribution in [-0.2, 0) is 32.8 Å². The van der Waals surface area contributed by atoms with Crippen LogP contribution >= 0.6 is 7.75 Å². The summed E-state index contributed by atoms with van der Waals surface area (Å²) in [7, 11) is -11.7. The SMILES string of the molecule is O=P1(NS(=O)(=O)C(F)(F)F)Oc2c(-c3cc4ccccc4c4ccccc34)ccc3c2C2(CC3)CCc3ccc(-c4cc5ccccc5c5ccccc45)c(c32)O1. The van der Waals surface area contributed by atoms with Gasteiger partial charge in [-0.25, -0.2) is 13.0 Å². The molecule has 0 amide bonds. The Morgan fingerprint density at radius 3 is 1.39 bits per heavy atom. The van der Waals surface area contributed by atoms with Gasteiger partial charge in [0.15, 0.2) is 0 Å². The van der Waals surface area contributed by atoms with Crippen LogP contribution in [0, 0.1) is 0 Å². The van der Waals surface area contributed by atoms with Crippen LogP contribution in [0.2, 0.25) is 0 Å². The number of hydrogen-bond donors (Lipinski definition) is 1. The Bertz CT molecular complexity index is 3050. The molecule has 2 aliphatic carbocycles. The zero-order valence-electron chi connectivity index (χ0n) is 30.1. The summed E-state index contributed by atoms with van der Waals surface area (Å²) >= 11 is 0. The molecule has 8 aromatic carbocycles. The van der Waals surface area contributed by atoms with Crippen LogP contribution in [0.5, 0.6) is 11.5 Å². The number of alkyl halides is 3. The monoisotopic (exact) mass is 797 g/mol. The predicted molar refractivity (Wildman–Crippen MR) is 218 cm³/mol. The van der Waals surface area contributed by atoms with Gasteiger partial charge in [0.1, 0.15) is 11.5 Å². The normalized spacial score (nSPS) is 16.5. The number of rotatable bonds is 4. The first-order valence-corrected chi connectivity index (χ1v) is 21.7. The van der Waals surface area contributed by atoms with Crippen LogP contribution in [0.15, 0.2) is 133 Å². The third-order valence-electron chi connectivity index (χ3n) is 12.2. The molecule has 1 heterocycles. The second-order valence-corrected chi connectivity index (χ2v) is 18.7. The molecule has 1 aliphatic heterocycles. The molecule has 0 atom stereocenters. The zero-order chi connectivity index (χ0) is 38.9. The quantitative estimate of drug-likeness (QED) is 0.142. The molecule has 0 saturated heterocycles. The van der Waals surface area contributed by atoms with Gasteiger partial charge in [-0.15, -0.1) is 0 Å². The second-order valence-electron chi connectivity index (χ2n) is 15.1. The minimum atomic E-state index is -6.25. The minimum absolute atomic E-state index is 0.0544. The second kappa shape index (κ2) is 11.9. The molecule has 0 saturated carbocycles. The maximum absolute atomic E-state index is 15.4. The maximum Gasteiger partial charge on any atom is 0.526 e. The fourth-order valence-corrected chi connectivity index (χ4v) is 12.6. The molecule has 3 aliphatic rings. The van der Waals surface area contributed by atoms with E-state index in [1.165, 1.54) is 4.49 Å². The van der Waals surface area contributed by atoms with Crippen molar-refractivity contribution in [3.05, 3.63) is 156 Å². The van der Waals surface area contributed by atoms with E-state index in [4.69, 9.17) is 9.05 Å². The van der Waals surface area contributed by atoms with Gasteiger partial charge in [0.05, 0.1) is 0 Å². The summed E-state index contributed by atoms with van der Waals surface area (Å²) in [5.74, 6) is 0.109. The summed E-state index contributed by atoms with van der Waals surface area (Å²) in [6, 6.07) is 43.1. The molecular weight excluding hydrogens is 767 g/mol. The lowest BCUT2D eigenvalue weighted by molar-refractivity contribution is -0.0443. The van der Waals surface area contributed by atoms with E-state index in [-0.39, 0.29) is 11.5 Å². The van der Waals surface area contributed by atoms with Crippen molar-refractivity contribution in [1.29, 1.82) is 0 Å². The van der Waals surface area contributed by atoms with E-state index < -0.39 is 28.7 Å². The lowest BCUT2D eigenvalue weighted by atomic mass is 9.74. The first kappa shape index (κ1) is 34.6. The topological polar surface area (TPSA) is 81.7 Å². The van der Waals surface area contributed by atoms with Gasteiger partial charge in [0.2, 0.25) is 0 Å². The summed E-state index contributed by atoms with van der Waals surface area (Å²) < 4.78 is 98.4. The Kier molecular flexibility index (Phi) is 7.23. The number of aryl methyl sites for hydroxylation is 2. The zero-order valence-corrected chi connectivity index (χ0v) is 31.8. The van der Waals surface area contributed by atoms with Crippen LogP contribution in [0.25, 0.3) is 65.3 Å². The standard InChI is InChI=1S/C46H31F3NO5PS/c47-46(48,49)57(52,53)50-56(51)54-43-37(39-25-29-9-1-3-11-31(29)33-13-5-7-15-35(33)39)19-17-27-21-23-45(41(27)43)24-22-28-18-20-38(44(55-56)42(28)45)40-26-30-10-2-4-12-32(30)34-14-6-8-16-36(34)40/h1-20,25-26H,21-24H2,(H,50,51). The Balaban J connectivity index is 1.24. The van der Waals surface area contributed by atoms with E-state index >= 15 is 4.57 Å². The predicted octanol–water partition coefficient (Wildman–Crippen LogP) is 12.1. The van der Waals surface area contributed by atoms with Crippen molar-refractivity contribution in [1.82, 2.24) is 4.49 Å². The highest BCUT2D eigenvalue weighted by molar-refractivity contribution is 7.95. The maximum atomic E-state index is 15.4. The van der Waals surface area contributed by atoms with E-state index in [9.17, 15) is 21.6 Å². The number of hydrogen-bond acceptors (Lipinski definition) is 5. The van der Waals surface area contributed by atoms with Gasteiger partial charge in [0, 0.05) is 27.7 Å². The van der Waals surface area contributed by atoms with Gasteiger partial charge in [0.25, 0.3) is 0 Å². The smallest absolute Gasteiger partial charge is 0.403 e. The van der Waals surface area contributed by atoms with E-state index in [1.807, 2.05) is 133 Å². The highest BCUT2D eigenvalue weighted by Gasteiger charge is 2.56. The molecule has 1 spiro atoms. The molecule has 8 aromatic rings. The van der Waals surface area contributed by atoms with Gasteiger partial charge < -0.3 is 9.05 Å². The lowest BCUT2D eigenvalue weighted by Gasteiger charge is -2.36. The van der Waals surface area contributed by atoms with E-state index in [2.05, 4.69) is 0 Å². The molecule has 0 bridgehead atoms. The molecule has 6 nitrogen and oxygen atoms in total. The van der Waals surface area contributed by atoms with Gasteiger partial charge >= 0.3 is 23.3 Å². The number of nitrogens with one attached hydrogen (secondary N) is 1. The van der Waals surface area contributed by atoms with E-state index in [1.54, 1.807) is 0 Å². The fraction of sp³-hybridized carbons (Fsp3) is 0.130. The minimum Gasteiger partial charge on any atom is -0.403 e. The number of halogens is 3. The molecule has 11 rings (SSSR count). The molecule has 282 valence electrons. The molecule has 57 heavy (non-hydrogen) atoms. The summed E-state index contributed by atoms with van der Waals surface area (Å²) in [5.41, 5.74) is -1.00. The summed E-state index contributed by atoms with van der Waals surface area (Å²) in [4.78, 5) is 0. The first-order chi connectivity index (χ1) is 27.4. The van der Waals surface area contributed by atoms with Crippen LogP contribution in [-0.4, -0.2) is 13.9 Å². The molecule has 0 fully saturated rings. The van der Waals surface area contributed by atoms with Crippen molar-refractivity contribution >= 4 is 60.9 Å². The summed E-state index contributed by atoms with van der Waals surface area (Å²) in [6.07, 6.45) is 2.52. The Labute approximate surface area is 325 Å². The molecule has 0 aromatic heterocycles. The third kappa shape index (κ3) is 5.00. The van der Waals surface area contributed by atoms with Crippen LogP contribution in [0.1, 0.15) is 35.1 Å². The largest absolute Gasteiger partial charge is 0.526 e. The van der Waals surface area contributed by atoms with Crippen molar-refractivity contribution in [2.75, 3.05) is 0 Å². The lowest BCUT2D eigenvalue weighted by Crippen LogP contribution is -2.37. The van der Waals surface area contributed by atoms with Crippen molar-refractivity contribution in [2.24, 2.45) is 0 Å². The fourth-order valence-electron chi connectivity index (χ4n) is 9.82. The molecule has 11 heteroatoms. The van der Waals surface area contributed by atoms with Crippen LogP contribution < -0.4 is 13.5 Å². The Morgan fingerprint density at radius 2 is 0.947 bits per heavy atom. The highest BCUT2D eigenvalue weighted by Crippen LogP contribution is 2.66. The number of benzene rings is 8. The summed E-state index contributed by atoms with van der Waals surface area (Å²) in [6.45, 7) is 0. The highest BCUT2D eigenvalue weighted by atomic mass is 32.2. The van der Waals surface area contributed by atoms with Gasteiger partial charge in [-0.3, -0.25) is 0 Å². The molecule has 1 N–H and O–H groups in total. The van der Waals surface area contributed by atoms with E-state index in [0.717, 1.165) is 54.2 Å². The first-order valence-electron chi connectivity index (χ1n) is 18.7. The van der Waals surface area contributed by atoms with Crippen molar-refractivity contribution < 1.29 is 35.2 Å². The molecular formula is C46H31F3NO5PS. The Hall–Kier alpha value is -5.67. The van der Waals surface area contributed by atoms with Crippen molar-refractivity contribution in [3.63, 3.8) is 0 Å². The Morgan fingerprint density at radius 1 is 0.544 bits per heavy atom. The molecule has 0 unspecified atom stereocenters. The average Bonchev–Trinajstić information content (AvgIpc) is 3.77. The molecule has 0 radical (unpaired) electrons. The van der Waals surface area contributed by atoms with Crippen molar-refractivity contribution in [3.8, 4) is 33.8 Å².